The Morgan fingerprint density at radius 3 is 2.36 bits per heavy atom. The smallest absolute Gasteiger partial charge is 0.275 e. The van der Waals surface area contributed by atoms with Crippen molar-refractivity contribution in [2.45, 2.75) is 12.6 Å². The summed E-state index contributed by atoms with van der Waals surface area (Å²) in [5.41, 5.74) is 2.06. The van der Waals surface area contributed by atoms with Gasteiger partial charge in [0.1, 0.15) is 12.3 Å². The topological polar surface area (TPSA) is 42.8 Å². The second-order valence-corrected chi connectivity index (χ2v) is 8.50. The molecule has 6 heteroatoms. The van der Waals surface area contributed by atoms with Crippen molar-refractivity contribution in [3.63, 3.8) is 0 Å². The number of rotatable bonds is 8. The van der Waals surface area contributed by atoms with E-state index in [1.165, 1.54) is 4.88 Å². The molecule has 0 radical (unpaired) electrons. The molecule has 0 bridgehead atoms. The van der Waals surface area contributed by atoms with Crippen LogP contribution in [0.2, 0.25) is 4.34 Å². The molecule has 0 aliphatic carbocycles. The van der Waals surface area contributed by atoms with Gasteiger partial charge in [0, 0.05) is 0 Å². The van der Waals surface area contributed by atoms with Gasteiger partial charge in [0.15, 0.2) is 6.54 Å². The summed E-state index contributed by atoms with van der Waals surface area (Å²) >= 11 is 7.55. The van der Waals surface area contributed by atoms with Gasteiger partial charge in [-0.25, -0.2) is 0 Å². The maximum absolute atomic E-state index is 12.7. The summed E-state index contributed by atoms with van der Waals surface area (Å²) in [6.07, 6.45) is 0. The van der Waals surface area contributed by atoms with E-state index in [-0.39, 0.29) is 11.9 Å². The van der Waals surface area contributed by atoms with Crippen LogP contribution in [-0.4, -0.2) is 26.6 Å². The molecule has 146 valence electrons. The average Bonchev–Trinajstić information content (AvgIpc) is 3.11. The highest BCUT2D eigenvalue weighted by molar-refractivity contribution is 7.16. The summed E-state index contributed by atoms with van der Waals surface area (Å²) in [6.45, 7) is 1.15. The molecule has 0 saturated heterocycles. The molecule has 1 unspecified atom stereocenters. The Balaban J connectivity index is 1.70. The molecule has 0 aliphatic rings. The van der Waals surface area contributed by atoms with Crippen molar-refractivity contribution in [1.29, 1.82) is 0 Å². The van der Waals surface area contributed by atoms with Gasteiger partial charge in [-0.15, -0.1) is 11.3 Å². The van der Waals surface area contributed by atoms with Gasteiger partial charge in [0.25, 0.3) is 5.91 Å². The van der Waals surface area contributed by atoms with E-state index < -0.39 is 0 Å². The van der Waals surface area contributed by atoms with Crippen molar-refractivity contribution >= 4 is 28.8 Å². The number of methoxy groups -OCH3 is 1. The summed E-state index contributed by atoms with van der Waals surface area (Å²) in [5.74, 6) is 0.797. The van der Waals surface area contributed by atoms with Crippen LogP contribution >= 0.6 is 22.9 Å². The fourth-order valence-electron chi connectivity index (χ4n) is 3.09. The van der Waals surface area contributed by atoms with E-state index in [4.69, 9.17) is 16.3 Å². The molecule has 3 rings (SSSR count). The lowest BCUT2D eigenvalue weighted by atomic mass is 9.98. The van der Waals surface area contributed by atoms with E-state index in [1.54, 1.807) is 18.4 Å². The van der Waals surface area contributed by atoms with Gasteiger partial charge in [0.2, 0.25) is 0 Å². The fourth-order valence-corrected chi connectivity index (χ4v) is 4.30. The van der Waals surface area contributed by atoms with Crippen LogP contribution in [0, 0.1) is 0 Å². The molecule has 2 aromatic carbocycles. The van der Waals surface area contributed by atoms with Crippen molar-refractivity contribution in [3.05, 3.63) is 87.1 Å². The summed E-state index contributed by atoms with van der Waals surface area (Å²) < 4.78 is 6.02. The summed E-state index contributed by atoms with van der Waals surface area (Å²) in [7, 11) is 3.66. The standard InChI is InChI=1S/C22H23ClN2O2S/c1-25(14-19-12-13-20(23)28-19)15-21(26)24-22(16-6-4-3-5-7-16)17-8-10-18(27-2)11-9-17/h3-13,22H,14-15H2,1-2H3,(H,24,26)/p+1/t22-/m1/s1. The third kappa shape index (κ3) is 5.58. The third-order valence-electron chi connectivity index (χ3n) is 4.45. The number of benzene rings is 2. The molecular weight excluding hydrogens is 392 g/mol. The Morgan fingerprint density at radius 1 is 1.07 bits per heavy atom. The lowest BCUT2D eigenvalue weighted by molar-refractivity contribution is -0.885. The minimum atomic E-state index is -0.205. The lowest BCUT2D eigenvalue weighted by Crippen LogP contribution is -3.08. The zero-order valence-corrected chi connectivity index (χ0v) is 17.5. The van der Waals surface area contributed by atoms with Crippen LogP contribution in [0.4, 0.5) is 0 Å². The third-order valence-corrected chi connectivity index (χ3v) is 5.69. The van der Waals surface area contributed by atoms with Crippen LogP contribution in [0.15, 0.2) is 66.7 Å². The van der Waals surface area contributed by atoms with Gasteiger partial charge >= 0.3 is 0 Å². The molecular formula is C22H24ClN2O2S+. The molecule has 1 aromatic heterocycles. The van der Waals surface area contributed by atoms with Crippen molar-refractivity contribution in [2.24, 2.45) is 0 Å². The van der Waals surface area contributed by atoms with Crippen LogP contribution in [-0.2, 0) is 11.3 Å². The highest BCUT2D eigenvalue weighted by atomic mass is 35.5. The van der Waals surface area contributed by atoms with Crippen LogP contribution in [0.1, 0.15) is 22.0 Å². The quantitative estimate of drug-likeness (QED) is 0.592. The number of carbonyl (C=O) groups excluding carboxylic acids is 1. The molecule has 0 fully saturated rings. The Labute approximate surface area is 174 Å². The van der Waals surface area contributed by atoms with E-state index in [0.29, 0.717) is 6.54 Å². The monoisotopic (exact) mass is 415 g/mol. The number of quaternary nitrogens is 1. The normalized spacial score (nSPS) is 13.0. The number of ether oxygens (including phenoxy) is 1. The predicted octanol–water partition coefficient (Wildman–Crippen LogP) is 3.33. The minimum absolute atomic E-state index is 0.00447. The van der Waals surface area contributed by atoms with Crippen LogP contribution < -0.4 is 15.0 Å². The van der Waals surface area contributed by atoms with Crippen molar-refractivity contribution in [2.75, 3.05) is 20.7 Å². The number of nitrogens with one attached hydrogen (secondary N) is 2. The zero-order valence-electron chi connectivity index (χ0n) is 15.9. The Bertz CT molecular complexity index is 896. The van der Waals surface area contributed by atoms with Gasteiger partial charge in [-0.2, -0.15) is 0 Å². The Morgan fingerprint density at radius 2 is 1.75 bits per heavy atom. The first-order chi connectivity index (χ1) is 13.5. The summed E-state index contributed by atoms with van der Waals surface area (Å²) in [4.78, 5) is 15.0. The van der Waals surface area contributed by atoms with E-state index in [2.05, 4.69) is 5.32 Å². The second-order valence-electron chi connectivity index (χ2n) is 6.70. The summed E-state index contributed by atoms with van der Waals surface area (Å²) in [5, 5.41) is 3.19. The van der Waals surface area contributed by atoms with E-state index >= 15 is 0 Å². The molecule has 2 atom stereocenters. The molecule has 28 heavy (non-hydrogen) atoms. The number of amides is 1. The maximum Gasteiger partial charge on any atom is 0.275 e. The van der Waals surface area contributed by atoms with Crippen LogP contribution in [0.25, 0.3) is 0 Å². The Kier molecular flexibility index (Phi) is 7.09. The first-order valence-electron chi connectivity index (χ1n) is 9.09. The molecule has 4 nitrogen and oxygen atoms in total. The maximum atomic E-state index is 12.7. The number of carbonyl (C=O) groups is 1. The van der Waals surface area contributed by atoms with E-state index in [1.807, 2.05) is 73.8 Å². The largest absolute Gasteiger partial charge is 0.497 e. The Hall–Kier alpha value is -2.34. The number of thiophene rings is 1. The number of likely N-dealkylation sites (N-methyl/N-ethyl adjacent to an activating group) is 1. The number of hydrogen-bond acceptors (Lipinski definition) is 3. The second kappa shape index (κ2) is 9.73. The molecule has 3 aromatic rings. The predicted molar refractivity (Wildman–Crippen MR) is 114 cm³/mol. The van der Waals surface area contributed by atoms with Crippen LogP contribution in [0.3, 0.4) is 0 Å². The molecule has 1 heterocycles. The van der Waals surface area contributed by atoms with Gasteiger partial charge in [-0.05, 0) is 35.4 Å². The lowest BCUT2D eigenvalue weighted by Gasteiger charge is -2.21. The number of halogens is 1. The van der Waals surface area contributed by atoms with Crippen molar-refractivity contribution < 1.29 is 14.4 Å². The molecule has 1 amide bonds. The van der Waals surface area contributed by atoms with Crippen molar-refractivity contribution in [3.8, 4) is 5.75 Å². The van der Waals surface area contributed by atoms with E-state index in [9.17, 15) is 4.79 Å². The van der Waals surface area contributed by atoms with E-state index in [0.717, 1.165) is 32.7 Å². The molecule has 0 spiro atoms. The fraction of sp³-hybridized carbons (Fsp3) is 0.227. The van der Waals surface area contributed by atoms with Gasteiger partial charge in [0.05, 0.1) is 29.4 Å². The molecule has 2 N–H and O–H groups in total. The highest BCUT2D eigenvalue weighted by Crippen LogP contribution is 2.24. The van der Waals surface area contributed by atoms with Crippen LogP contribution in [0.5, 0.6) is 5.75 Å². The summed E-state index contributed by atoms with van der Waals surface area (Å²) in [6, 6.07) is 21.5. The van der Waals surface area contributed by atoms with Gasteiger partial charge in [-0.3, -0.25) is 4.79 Å². The molecule has 0 saturated carbocycles. The van der Waals surface area contributed by atoms with Gasteiger partial charge in [-0.1, -0.05) is 54.1 Å². The SMILES string of the molecule is COc1ccc([C@H](NC(=O)C[NH+](C)Cc2ccc(Cl)s2)c2ccccc2)cc1. The van der Waals surface area contributed by atoms with Crippen molar-refractivity contribution in [1.82, 2.24) is 5.32 Å². The molecule has 0 aliphatic heterocycles. The minimum Gasteiger partial charge on any atom is -0.497 e. The first-order valence-corrected chi connectivity index (χ1v) is 10.3. The average molecular weight is 416 g/mol. The highest BCUT2D eigenvalue weighted by Gasteiger charge is 2.19. The number of hydrogen-bond donors (Lipinski definition) is 2. The van der Waals surface area contributed by atoms with Gasteiger partial charge < -0.3 is 15.0 Å². The zero-order chi connectivity index (χ0) is 19.9. The first kappa shape index (κ1) is 20.4.